The summed E-state index contributed by atoms with van der Waals surface area (Å²) in [4.78, 5) is 6.79. The van der Waals surface area contributed by atoms with Gasteiger partial charge < -0.3 is 24.4 Å². The molecule has 0 aliphatic carbocycles. The van der Waals surface area contributed by atoms with Gasteiger partial charge in [-0.15, -0.1) is 0 Å². The van der Waals surface area contributed by atoms with E-state index in [1.807, 2.05) is 41.4 Å². The normalized spacial score (nSPS) is 18.8. The summed E-state index contributed by atoms with van der Waals surface area (Å²) in [6, 6.07) is 7.88. The van der Waals surface area contributed by atoms with Crippen molar-refractivity contribution >= 4 is 5.69 Å². The molecule has 3 rings (SSSR count). The molecule has 1 fully saturated rings. The molecule has 0 aromatic heterocycles. The number of nitrogens with zero attached hydrogens (tertiary/aromatic N) is 3. The van der Waals surface area contributed by atoms with E-state index < -0.39 is 0 Å². The van der Waals surface area contributed by atoms with Crippen molar-refractivity contribution in [2.45, 2.75) is 0 Å². The molecule has 0 radical (unpaired) electrons. The molecular weight excluding hydrogens is 330 g/mol. The van der Waals surface area contributed by atoms with Gasteiger partial charge in [0.25, 0.3) is 0 Å². The van der Waals surface area contributed by atoms with Crippen LogP contribution >= 0.6 is 0 Å². The number of hydrogen-bond acceptors (Lipinski definition) is 6. The number of aliphatic hydroxyl groups excluding tert-OH is 1. The van der Waals surface area contributed by atoms with Gasteiger partial charge in [0.2, 0.25) is 0 Å². The van der Waals surface area contributed by atoms with Gasteiger partial charge in [-0.1, -0.05) is 0 Å². The van der Waals surface area contributed by atoms with Gasteiger partial charge in [0.15, 0.2) is 0 Å². The van der Waals surface area contributed by atoms with Crippen LogP contribution in [0.15, 0.2) is 48.4 Å². The zero-order chi connectivity index (χ0) is 18.2. The van der Waals surface area contributed by atoms with Gasteiger partial charge in [-0.3, -0.25) is 4.90 Å². The van der Waals surface area contributed by atoms with Crippen molar-refractivity contribution in [2.75, 3.05) is 71.0 Å². The quantitative estimate of drug-likeness (QED) is 0.718. The Morgan fingerprint density at radius 1 is 1.00 bits per heavy atom. The van der Waals surface area contributed by atoms with Crippen LogP contribution in [0.1, 0.15) is 0 Å². The van der Waals surface area contributed by atoms with Crippen LogP contribution in [0.2, 0.25) is 0 Å². The second kappa shape index (κ2) is 9.62. The lowest BCUT2D eigenvalue weighted by atomic mass is 10.2. The van der Waals surface area contributed by atoms with Crippen molar-refractivity contribution in [2.24, 2.45) is 0 Å². The van der Waals surface area contributed by atoms with E-state index in [0.717, 1.165) is 50.8 Å². The van der Waals surface area contributed by atoms with Crippen LogP contribution in [0, 0.1) is 0 Å². The largest absolute Gasteiger partial charge is 0.510 e. The van der Waals surface area contributed by atoms with E-state index in [2.05, 4.69) is 16.8 Å². The summed E-state index contributed by atoms with van der Waals surface area (Å²) >= 11 is 0. The summed E-state index contributed by atoms with van der Waals surface area (Å²) in [7, 11) is 2.17. The molecule has 1 aromatic rings. The fourth-order valence-electron chi connectivity index (χ4n) is 3.03. The summed E-state index contributed by atoms with van der Waals surface area (Å²) < 4.78 is 11.4. The predicted octanol–water partition coefficient (Wildman–Crippen LogP) is 2.10. The third kappa shape index (κ3) is 5.76. The summed E-state index contributed by atoms with van der Waals surface area (Å²) in [6.45, 7) is 7.93. The van der Waals surface area contributed by atoms with Crippen LogP contribution in [0.4, 0.5) is 5.69 Å². The molecule has 2 aliphatic heterocycles. The summed E-state index contributed by atoms with van der Waals surface area (Å²) in [5.41, 5.74) is 1.02. The molecule has 0 amide bonds. The number of allylic oxidation sites excluding steroid dienone is 2. The number of hydrogen-bond donors (Lipinski definition) is 1. The number of piperazine rings is 1. The Labute approximate surface area is 155 Å². The van der Waals surface area contributed by atoms with Crippen LogP contribution in [0.25, 0.3) is 0 Å². The van der Waals surface area contributed by atoms with Crippen LogP contribution in [-0.2, 0) is 4.74 Å². The molecule has 0 unspecified atom stereocenters. The highest BCUT2D eigenvalue weighted by atomic mass is 16.5. The van der Waals surface area contributed by atoms with Crippen LogP contribution in [0.5, 0.6) is 5.75 Å². The second-order valence-corrected chi connectivity index (χ2v) is 6.73. The maximum absolute atomic E-state index is 9.60. The highest BCUT2D eigenvalue weighted by molar-refractivity contribution is 5.53. The lowest BCUT2D eigenvalue weighted by Crippen LogP contribution is -2.45. The minimum atomic E-state index is 0.363. The molecule has 0 atom stereocenters. The Hall–Kier alpha value is -2.02. The molecule has 0 bridgehead atoms. The molecule has 1 N–H and O–H groups in total. The monoisotopic (exact) mass is 359 g/mol. The Bertz CT molecular complexity index is 607. The number of benzene rings is 1. The number of ether oxygens (including phenoxy) is 2. The number of rotatable bonds is 8. The fourth-order valence-corrected chi connectivity index (χ4v) is 3.03. The van der Waals surface area contributed by atoms with E-state index in [4.69, 9.17) is 9.47 Å². The van der Waals surface area contributed by atoms with E-state index in [1.54, 1.807) is 6.08 Å². The van der Waals surface area contributed by atoms with E-state index in [1.165, 1.54) is 0 Å². The zero-order valence-electron chi connectivity index (χ0n) is 15.5. The molecule has 26 heavy (non-hydrogen) atoms. The Kier molecular flexibility index (Phi) is 6.94. The Balaban J connectivity index is 1.29. The number of anilines is 1. The van der Waals surface area contributed by atoms with Gasteiger partial charge in [-0.2, -0.15) is 0 Å². The van der Waals surface area contributed by atoms with Gasteiger partial charge in [0.05, 0.1) is 19.8 Å². The maximum atomic E-state index is 9.60. The Morgan fingerprint density at radius 2 is 1.77 bits per heavy atom. The fraction of sp³-hybridized carbons (Fsp3) is 0.500. The van der Waals surface area contributed by atoms with Gasteiger partial charge >= 0.3 is 0 Å². The van der Waals surface area contributed by atoms with E-state index in [-0.39, 0.29) is 0 Å². The first-order chi connectivity index (χ1) is 12.7. The molecule has 0 spiro atoms. The van der Waals surface area contributed by atoms with Gasteiger partial charge in [0, 0.05) is 44.6 Å². The van der Waals surface area contributed by atoms with E-state index in [0.29, 0.717) is 25.5 Å². The van der Waals surface area contributed by atoms with Crippen LogP contribution in [0.3, 0.4) is 0 Å². The van der Waals surface area contributed by atoms with Crippen molar-refractivity contribution < 1.29 is 14.6 Å². The van der Waals surface area contributed by atoms with Crippen LogP contribution < -0.4 is 9.64 Å². The van der Waals surface area contributed by atoms with Crippen molar-refractivity contribution in [3.63, 3.8) is 0 Å². The topological polar surface area (TPSA) is 48.4 Å². The highest BCUT2D eigenvalue weighted by Crippen LogP contribution is 2.21. The molecule has 0 saturated carbocycles. The maximum Gasteiger partial charge on any atom is 0.119 e. The first-order valence-electron chi connectivity index (χ1n) is 9.25. The minimum Gasteiger partial charge on any atom is -0.510 e. The minimum absolute atomic E-state index is 0.363. The lowest BCUT2D eigenvalue weighted by molar-refractivity contribution is 0.0658. The first-order valence-corrected chi connectivity index (χ1v) is 9.25. The third-order valence-corrected chi connectivity index (χ3v) is 4.70. The van der Waals surface area contributed by atoms with Gasteiger partial charge in [-0.25, -0.2) is 0 Å². The number of aliphatic hydroxyl groups is 1. The van der Waals surface area contributed by atoms with Gasteiger partial charge in [0.1, 0.15) is 18.1 Å². The van der Waals surface area contributed by atoms with Gasteiger partial charge in [-0.05, 0) is 43.5 Å². The van der Waals surface area contributed by atoms with E-state index >= 15 is 0 Å². The molecule has 2 aliphatic rings. The lowest BCUT2D eigenvalue weighted by Gasteiger charge is -2.32. The smallest absolute Gasteiger partial charge is 0.119 e. The van der Waals surface area contributed by atoms with Crippen molar-refractivity contribution in [3.8, 4) is 5.75 Å². The second-order valence-electron chi connectivity index (χ2n) is 6.73. The highest BCUT2D eigenvalue weighted by Gasteiger charge is 2.12. The molecule has 6 heteroatoms. The SMILES string of the molecule is CN1CCN(CCOCCOc2ccc(N3C=CC=C(O)C3)cc2)CC1. The summed E-state index contributed by atoms with van der Waals surface area (Å²) in [6.07, 6.45) is 5.49. The zero-order valence-corrected chi connectivity index (χ0v) is 15.5. The molecule has 2 heterocycles. The average Bonchev–Trinajstić information content (AvgIpc) is 2.66. The van der Waals surface area contributed by atoms with Crippen molar-refractivity contribution in [1.82, 2.24) is 9.80 Å². The third-order valence-electron chi connectivity index (χ3n) is 4.70. The van der Waals surface area contributed by atoms with Crippen LogP contribution in [-0.4, -0.2) is 81.0 Å². The van der Waals surface area contributed by atoms with Crippen molar-refractivity contribution in [1.29, 1.82) is 0 Å². The first kappa shape index (κ1) is 18.8. The molecular formula is C20H29N3O3. The average molecular weight is 359 g/mol. The number of likely N-dealkylation sites (N-methyl/N-ethyl adjacent to an activating group) is 1. The summed E-state index contributed by atoms with van der Waals surface area (Å²) in [5, 5.41) is 9.60. The summed E-state index contributed by atoms with van der Waals surface area (Å²) in [5.74, 6) is 1.19. The van der Waals surface area contributed by atoms with E-state index in [9.17, 15) is 5.11 Å². The molecule has 142 valence electrons. The predicted molar refractivity (Wildman–Crippen MR) is 104 cm³/mol. The standard InChI is InChI=1S/C20H29N3O3/c1-21-9-11-22(12-10-21)13-14-25-15-16-26-20-6-4-18(5-7-20)23-8-2-3-19(24)17-23/h2-8,24H,9-17H2,1H3. The molecule has 6 nitrogen and oxygen atoms in total. The molecule has 1 saturated heterocycles. The molecule has 1 aromatic carbocycles. The van der Waals surface area contributed by atoms with Crippen molar-refractivity contribution in [3.05, 3.63) is 48.4 Å². The Morgan fingerprint density at radius 3 is 2.50 bits per heavy atom.